The molecule has 0 spiro atoms. The highest BCUT2D eigenvalue weighted by atomic mass is 35.5. The molecule has 0 radical (unpaired) electrons. The second kappa shape index (κ2) is 4.24. The summed E-state index contributed by atoms with van der Waals surface area (Å²) in [6.45, 7) is 0. The van der Waals surface area contributed by atoms with E-state index >= 15 is 0 Å². The second-order valence-corrected chi connectivity index (χ2v) is 4.49. The Hall–Kier alpha value is -0.670. The van der Waals surface area contributed by atoms with E-state index in [0.717, 1.165) is 23.8 Å². The van der Waals surface area contributed by atoms with Gasteiger partial charge in [0, 0.05) is 22.1 Å². The van der Waals surface area contributed by atoms with E-state index < -0.39 is 0 Å². The van der Waals surface area contributed by atoms with E-state index in [1.54, 1.807) is 18.9 Å². The van der Waals surface area contributed by atoms with Gasteiger partial charge in [-0.05, 0) is 18.2 Å². The molecule has 2 nitrogen and oxygen atoms in total. The first-order valence-electron chi connectivity index (χ1n) is 4.33. The molecule has 4 heteroatoms. The standard InChI is InChI=1S/C10H10ClNOS/c1-13-10-4-5-14-9-3-2-7(11)6-8(9)12-10/h2-3,6H,4-5H2,1H3. The Kier molecular flexibility index (Phi) is 2.99. The Balaban J connectivity index is 2.44. The number of methoxy groups -OCH3 is 1. The van der Waals surface area contributed by atoms with E-state index in [-0.39, 0.29) is 0 Å². The summed E-state index contributed by atoms with van der Waals surface area (Å²) >= 11 is 7.69. The highest BCUT2D eigenvalue weighted by molar-refractivity contribution is 7.99. The minimum atomic E-state index is 0.713. The summed E-state index contributed by atoms with van der Waals surface area (Å²) in [5.74, 6) is 1.78. The van der Waals surface area contributed by atoms with Crippen LogP contribution in [-0.2, 0) is 4.74 Å². The van der Waals surface area contributed by atoms with Gasteiger partial charge >= 0.3 is 0 Å². The fourth-order valence-corrected chi connectivity index (χ4v) is 2.37. The summed E-state index contributed by atoms with van der Waals surface area (Å²) in [6.07, 6.45) is 0.869. The van der Waals surface area contributed by atoms with Crippen LogP contribution in [0, 0.1) is 0 Å². The van der Waals surface area contributed by atoms with Gasteiger partial charge in [0.25, 0.3) is 0 Å². The van der Waals surface area contributed by atoms with Gasteiger partial charge in [-0.2, -0.15) is 0 Å². The van der Waals surface area contributed by atoms with E-state index in [0.29, 0.717) is 5.02 Å². The van der Waals surface area contributed by atoms with Crippen molar-refractivity contribution < 1.29 is 4.74 Å². The van der Waals surface area contributed by atoms with Gasteiger partial charge in [-0.25, -0.2) is 4.99 Å². The summed E-state index contributed by atoms with van der Waals surface area (Å²) in [6, 6.07) is 5.76. The molecule has 0 aromatic heterocycles. The molecule has 14 heavy (non-hydrogen) atoms. The maximum Gasteiger partial charge on any atom is 0.188 e. The largest absolute Gasteiger partial charge is 0.484 e. The lowest BCUT2D eigenvalue weighted by atomic mass is 10.3. The van der Waals surface area contributed by atoms with E-state index in [1.807, 2.05) is 18.2 Å². The van der Waals surface area contributed by atoms with Gasteiger partial charge in [-0.1, -0.05) is 11.6 Å². The van der Waals surface area contributed by atoms with Crippen molar-refractivity contribution in [2.24, 2.45) is 4.99 Å². The lowest BCUT2D eigenvalue weighted by molar-refractivity contribution is 0.393. The van der Waals surface area contributed by atoms with Gasteiger partial charge in [-0.15, -0.1) is 11.8 Å². The summed E-state index contributed by atoms with van der Waals surface area (Å²) in [4.78, 5) is 5.58. The minimum Gasteiger partial charge on any atom is -0.484 e. The molecule has 74 valence electrons. The molecule has 2 rings (SSSR count). The Bertz CT molecular complexity index is 378. The van der Waals surface area contributed by atoms with Gasteiger partial charge in [0.05, 0.1) is 12.8 Å². The van der Waals surface area contributed by atoms with Crippen LogP contribution in [0.2, 0.25) is 5.02 Å². The van der Waals surface area contributed by atoms with Crippen LogP contribution in [0.25, 0.3) is 0 Å². The van der Waals surface area contributed by atoms with E-state index in [9.17, 15) is 0 Å². The summed E-state index contributed by atoms with van der Waals surface area (Å²) < 4.78 is 5.16. The number of benzene rings is 1. The van der Waals surface area contributed by atoms with E-state index in [2.05, 4.69) is 4.99 Å². The lowest BCUT2D eigenvalue weighted by Gasteiger charge is -2.01. The number of hydrogen-bond donors (Lipinski definition) is 0. The number of fused-ring (bicyclic) bond motifs is 1. The van der Waals surface area contributed by atoms with Crippen LogP contribution in [0.1, 0.15) is 6.42 Å². The van der Waals surface area contributed by atoms with Crippen molar-refractivity contribution >= 4 is 34.9 Å². The second-order valence-electron chi connectivity index (χ2n) is 2.92. The molecule has 1 aliphatic heterocycles. The molecule has 0 atom stereocenters. The topological polar surface area (TPSA) is 21.6 Å². The molecule has 0 amide bonds. The first-order chi connectivity index (χ1) is 6.79. The van der Waals surface area contributed by atoms with Crippen LogP contribution < -0.4 is 0 Å². The molecule has 1 aromatic rings. The van der Waals surface area contributed by atoms with Crippen LogP contribution in [0.3, 0.4) is 0 Å². The maximum atomic E-state index is 5.90. The van der Waals surface area contributed by atoms with Crippen LogP contribution in [0.15, 0.2) is 28.1 Å². The predicted molar refractivity (Wildman–Crippen MR) is 60.9 cm³/mol. The number of hydrogen-bond acceptors (Lipinski definition) is 3. The van der Waals surface area contributed by atoms with Crippen LogP contribution in [-0.4, -0.2) is 18.8 Å². The van der Waals surface area contributed by atoms with Crippen LogP contribution >= 0.6 is 23.4 Å². The number of rotatable bonds is 0. The van der Waals surface area contributed by atoms with Crippen molar-refractivity contribution in [1.29, 1.82) is 0 Å². The van der Waals surface area contributed by atoms with Gasteiger partial charge in [0.1, 0.15) is 0 Å². The normalized spacial score (nSPS) is 15.4. The summed E-state index contributed by atoms with van der Waals surface area (Å²) in [5.41, 5.74) is 0.914. The van der Waals surface area contributed by atoms with Crippen molar-refractivity contribution in [1.82, 2.24) is 0 Å². The average Bonchev–Trinajstić information content (AvgIpc) is 2.38. The Morgan fingerprint density at radius 3 is 3.14 bits per heavy atom. The molecule has 1 heterocycles. The third-order valence-electron chi connectivity index (χ3n) is 1.98. The molecular weight excluding hydrogens is 218 g/mol. The van der Waals surface area contributed by atoms with Gasteiger partial charge in [-0.3, -0.25) is 0 Å². The first-order valence-corrected chi connectivity index (χ1v) is 5.70. The molecule has 0 saturated carbocycles. The highest BCUT2D eigenvalue weighted by Crippen LogP contribution is 2.34. The fraction of sp³-hybridized carbons (Fsp3) is 0.300. The molecule has 0 aliphatic carbocycles. The number of thioether (sulfide) groups is 1. The smallest absolute Gasteiger partial charge is 0.188 e. The Morgan fingerprint density at radius 1 is 1.50 bits per heavy atom. The van der Waals surface area contributed by atoms with Crippen molar-refractivity contribution in [3.8, 4) is 0 Å². The van der Waals surface area contributed by atoms with Gasteiger partial charge in [0.2, 0.25) is 0 Å². The summed E-state index contributed by atoms with van der Waals surface area (Å²) in [5, 5.41) is 0.713. The zero-order valence-corrected chi connectivity index (χ0v) is 9.36. The number of halogens is 1. The van der Waals surface area contributed by atoms with Crippen molar-refractivity contribution in [2.75, 3.05) is 12.9 Å². The summed E-state index contributed by atoms with van der Waals surface area (Å²) in [7, 11) is 1.65. The van der Waals surface area contributed by atoms with Crippen molar-refractivity contribution in [3.63, 3.8) is 0 Å². The molecule has 0 fully saturated rings. The highest BCUT2D eigenvalue weighted by Gasteiger charge is 2.10. The van der Waals surface area contributed by atoms with Gasteiger partial charge < -0.3 is 4.74 Å². The molecular formula is C10H10ClNOS. The fourth-order valence-electron chi connectivity index (χ4n) is 1.29. The monoisotopic (exact) mass is 227 g/mol. The third-order valence-corrected chi connectivity index (χ3v) is 3.27. The SMILES string of the molecule is COC1=Nc2cc(Cl)ccc2SCC1. The zero-order chi connectivity index (χ0) is 9.97. The molecule has 0 saturated heterocycles. The van der Waals surface area contributed by atoms with Crippen LogP contribution in [0.5, 0.6) is 0 Å². The maximum absolute atomic E-state index is 5.90. The van der Waals surface area contributed by atoms with Crippen LogP contribution in [0.4, 0.5) is 5.69 Å². The minimum absolute atomic E-state index is 0.713. The average molecular weight is 228 g/mol. The number of nitrogens with zero attached hydrogens (tertiary/aromatic N) is 1. The lowest BCUT2D eigenvalue weighted by Crippen LogP contribution is -2.00. The third kappa shape index (κ3) is 2.04. The molecule has 1 aliphatic rings. The quantitative estimate of drug-likeness (QED) is 0.677. The van der Waals surface area contributed by atoms with Crippen molar-refractivity contribution in [3.05, 3.63) is 23.2 Å². The Morgan fingerprint density at radius 2 is 2.36 bits per heavy atom. The van der Waals surface area contributed by atoms with E-state index in [4.69, 9.17) is 16.3 Å². The first kappa shape index (κ1) is 9.87. The zero-order valence-electron chi connectivity index (χ0n) is 7.79. The Labute approximate surface area is 92.3 Å². The van der Waals surface area contributed by atoms with Crippen molar-refractivity contribution in [2.45, 2.75) is 11.3 Å². The predicted octanol–water partition coefficient (Wildman–Crippen LogP) is 3.51. The van der Waals surface area contributed by atoms with Gasteiger partial charge in [0.15, 0.2) is 5.90 Å². The molecule has 1 aromatic carbocycles. The molecule has 0 bridgehead atoms. The van der Waals surface area contributed by atoms with E-state index in [1.165, 1.54) is 4.90 Å². The molecule has 0 unspecified atom stereocenters. The number of ether oxygens (including phenoxy) is 1. The number of aliphatic imine (C=N–C) groups is 1. The molecule has 0 N–H and O–H groups in total.